The fourth-order valence-corrected chi connectivity index (χ4v) is 3.64. The maximum Gasteiger partial charge on any atom is 0.261 e. The van der Waals surface area contributed by atoms with E-state index < -0.39 is 6.04 Å². The molecule has 2 aromatic rings. The molecule has 0 saturated heterocycles. The molecule has 0 aromatic heterocycles. The Morgan fingerprint density at radius 1 is 1.10 bits per heavy atom. The monoisotopic (exact) mass is 474 g/mol. The molecule has 2 rings (SSSR count). The van der Waals surface area contributed by atoms with E-state index in [0.717, 1.165) is 22.0 Å². The fraction of sp³-hybridized carbons (Fsp3) is 0.417. The summed E-state index contributed by atoms with van der Waals surface area (Å²) >= 11 is 3.50. The van der Waals surface area contributed by atoms with Gasteiger partial charge in [-0.05, 0) is 73.3 Å². The molecule has 0 aliphatic rings. The molecule has 1 unspecified atom stereocenters. The SMILES string of the molecule is CCc1ccc(OCC(=O)N(Cc2cccc(C)c2)C(C)C(=O)NC(C)C)c(Br)c1. The Morgan fingerprint density at radius 3 is 2.43 bits per heavy atom. The Hall–Kier alpha value is -2.34. The van der Waals surface area contributed by atoms with E-state index >= 15 is 0 Å². The first kappa shape index (κ1) is 23.9. The molecule has 0 aliphatic carbocycles. The van der Waals surface area contributed by atoms with Gasteiger partial charge in [0.15, 0.2) is 6.61 Å². The summed E-state index contributed by atoms with van der Waals surface area (Å²) in [5, 5.41) is 2.89. The van der Waals surface area contributed by atoms with E-state index in [9.17, 15) is 9.59 Å². The average molecular weight is 475 g/mol. The van der Waals surface area contributed by atoms with Crippen LogP contribution < -0.4 is 10.1 Å². The van der Waals surface area contributed by atoms with E-state index in [1.807, 2.05) is 63.2 Å². The number of rotatable bonds is 9. The Morgan fingerprint density at radius 2 is 1.83 bits per heavy atom. The van der Waals surface area contributed by atoms with Crippen LogP contribution in [0.4, 0.5) is 0 Å². The molecule has 30 heavy (non-hydrogen) atoms. The highest BCUT2D eigenvalue weighted by atomic mass is 79.9. The van der Waals surface area contributed by atoms with Gasteiger partial charge in [-0.2, -0.15) is 0 Å². The van der Waals surface area contributed by atoms with Gasteiger partial charge in [-0.15, -0.1) is 0 Å². The number of carbonyl (C=O) groups excluding carboxylic acids is 2. The molecule has 162 valence electrons. The molecular formula is C24H31BrN2O3. The lowest BCUT2D eigenvalue weighted by molar-refractivity contribution is -0.142. The number of halogens is 1. The average Bonchev–Trinajstić information content (AvgIpc) is 2.69. The third kappa shape index (κ3) is 6.87. The Bertz CT molecular complexity index is 883. The number of hydrogen-bond acceptors (Lipinski definition) is 3. The van der Waals surface area contributed by atoms with Crippen molar-refractivity contribution in [3.8, 4) is 5.75 Å². The third-order valence-corrected chi connectivity index (χ3v) is 5.41. The molecule has 0 spiro atoms. The van der Waals surface area contributed by atoms with Gasteiger partial charge in [0.05, 0.1) is 4.47 Å². The summed E-state index contributed by atoms with van der Waals surface area (Å²) in [7, 11) is 0. The van der Waals surface area contributed by atoms with Crippen molar-refractivity contribution < 1.29 is 14.3 Å². The predicted molar refractivity (Wildman–Crippen MR) is 123 cm³/mol. The molecule has 0 aliphatic heterocycles. The van der Waals surface area contributed by atoms with Crippen LogP contribution in [0.2, 0.25) is 0 Å². The predicted octanol–water partition coefficient (Wildman–Crippen LogP) is 4.64. The summed E-state index contributed by atoms with van der Waals surface area (Å²) in [6.07, 6.45) is 0.921. The summed E-state index contributed by atoms with van der Waals surface area (Å²) in [6.45, 7) is 9.83. The second-order valence-electron chi connectivity index (χ2n) is 7.76. The highest BCUT2D eigenvalue weighted by Gasteiger charge is 2.27. The van der Waals surface area contributed by atoms with Crippen molar-refractivity contribution in [3.63, 3.8) is 0 Å². The molecule has 1 atom stereocenters. The number of carbonyl (C=O) groups is 2. The van der Waals surface area contributed by atoms with Crippen molar-refractivity contribution in [2.24, 2.45) is 0 Å². The standard InChI is InChI=1S/C24H31BrN2O3/c1-6-19-10-11-22(21(25)13-19)30-15-23(28)27(18(5)24(29)26-16(2)3)14-20-9-7-8-17(4)12-20/h7-13,16,18H,6,14-15H2,1-5H3,(H,26,29). The zero-order chi connectivity index (χ0) is 22.3. The van der Waals surface area contributed by atoms with Crippen LogP contribution in [-0.2, 0) is 22.6 Å². The number of hydrogen-bond donors (Lipinski definition) is 1. The first-order chi connectivity index (χ1) is 14.2. The van der Waals surface area contributed by atoms with Gasteiger partial charge < -0.3 is 15.0 Å². The van der Waals surface area contributed by atoms with Crippen LogP contribution in [-0.4, -0.2) is 35.4 Å². The van der Waals surface area contributed by atoms with Gasteiger partial charge in [0.25, 0.3) is 5.91 Å². The first-order valence-electron chi connectivity index (χ1n) is 10.3. The summed E-state index contributed by atoms with van der Waals surface area (Å²) in [4.78, 5) is 27.2. The molecule has 2 aromatic carbocycles. The second-order valence-corrected chi connectivity index (χ2v) is 8.61. The van der Waals surface area contributed by atoms with Crippen LogP contribution in [0.1, 0.15) is 44.4 Å². The molecule has 0 fully saturated rings. The minimum Gasteiger partial charge on any atom is -0.483 e. The third-order valence-electron chi connectivity index (χ3n) is 4.79. The van der Waals surface area contributed by atoms with Gasteiger partial charge in [0.1, 0.15) is 11.8 Å². The van der Waals surface area contributed by atoms with Gasteiger partial charge >= 0.3 is 0 Å². The molecule has 0 heterocycles. The maximum atomic E-state index is 13.1. The van der Waals surface area contributed by atoms with E-state index in [-0.39, 0.29) is 24.5 Å². The highest BCUT2D eigenvalue weighted by Crippen LogP contribution is 2.26. The van der Waals surface area contributed by atoms with Gasteiger partial charge in [-0.1, -0.05) is 42.8 Å². The number of nitrogens with one attached hydrogen (secondary N) is 1. The molecule has 1 N–H and O–H groups in total. The highest BCUT2D eigenvalue weighted by molar-refractivity contribution is 9.10. The molecule has 0 radical (unpaired) electrons. The van der Waals surface area contributed by atoms with Crippen LogP contribution >= 0.6 is 15.9 Å². The van der Waals surface area contributed by atoms with Crippen molar-refractivity contribution in [2.45, 2.75) is 59.7 Å². The van der Waals surface area contributed by atoms with Crippen LogP contribution in [0.25, 0.3) is 0 Å². The summed E-state index contributed by atoms with van der Waals surface area (Å²) < 4.78 is 6.59. The normalized spacial score (nSPS) is 11.8. The smallest absolute Gasteiger partial charge is 0.261 e. The largest absolute Gasteiger partial charge is 0.483 e. The number of ether oxygens (including phenoxy) is 1. The lowest BCUT2D eigenvalue weighted by atomic mass is 10.1. The molecule has 0 saturated carbocycles. The van der Waals surface area contributed by atoms with Crippen molar-refractivity contribution >= 4 is 27.7 Å². The van der Waals surface area contributed by atoms with Gasteiger partial charge in [-0.25, -0.2) is 0 Å². The molecule has 2 amide bonds. The minimum atomic E-state index is -0.616. The lowest BCUT2D eigenvalue weighted by Gasteiger charge is -2.29. The summed E-state index contributed by atoms with van der Waals surface area (Å²) in [5.41, 5.74) is 3.26. The van der Waals surface area contributed by atoms with E-state index in [0.29, 0.717) is 12.3 Å². The van der Waals surface area contributed by atoms with Gasteiger partial charge in [-0.3, -0.25) is 9.59 Å². The van der Waals surface area contributed by atoms with E-state index in [4.69, 9.17) is 4.74 Å². The Balaban J connectivity index is 2.17. The fourth-order valence-electron chi connectivity index (χ4n) is 3.10. The van der Waals surface area contributed by atoms with Crippen LogP contribution in [0.3, 0.4) is 0 Å². The van der Waals surface area contributed by atoms with Gasteiger partial charge in [0.2, 0.25) is 5.91 Å². The molecule has 0 bridgehead atoms. The second kappa shape index (κ2) is 11.2. The lowest BCUT2D eigenvalue weighted by Crippen LogP contribution is -2.50. The number of aryl methyl sites for hydroxylation is 2. The number of nitrogens with zero attached hydrogens (tertiary/aromatic N) is 1. The maximum absolute atomic E-state index is 13.1. The Kier molecular flexibility index (Phi) is 8.90. The van der Waals surface area contributed by atoms with Crippen molar-refractivity contribution in [1.82, 2.24) is 10.2 Å². The van der Waals surface area contributed by atoms with Gasteiger partial charge in [0, 0.05) is 12.6 Å². The van der Waals surface area contributed by atoms with Crippen molar-refractivity contribution in [1.29, 1.82) is 0 Å². The van der Waals surface area contributed by atoms with E-state index in [1.54, 1.807) is 11.8 Å². The van der Waals surface area contributed by atoms with Crippen molar-refractivity contribution in [2.75, 3.05) is 6.61 Å². The molecule has 6 heteroatoms. The van der Waals surface area contributed by atoms with E-state index in [1.165, 1.54) is 5.56 Å². The van der Waals surface area contributed by atoms with E-state index in [2.05, 4.69) is 28.2 Å². The Labute approximate surface area is 187 Å². The molecular weight excluding hydrogens is 444 g/mol. The van der Waals surface area contributed by atoms with Crippen LogP contribution in [0, 0.1) is 6.92 Å². The number of benzene rings is 2. The molecule has 5 nitrogen and oxygen atoms in total. The minimum absolute atomic E-state index is 0.000146. The van der Waals surface area contributed by atoms with Crippen LogP contribution in [0.5, 0.6) is 5.75 Å². The first-order valence-corrected chi connectivity index (χ1v) is 11.1. The topological polar surface area (TPSA) is 58.6 Å². The zero-order valence-corrected chi connectivity index (χ0v) is 20.0. The summed E-state index contributed by atoms with van der Waals surface area (Å²) in [6, 6.07) is 13.2. The quantitative estimate of drug-likeness (QED) is 0.575. The number of amides is 2. The van der Waals surface area contributed by atoms with Crippen molar-refractivity contribution in [3.05, 3.63) is 63.6 Å². The summed E-state index contributed by atoms with van der Waals surface area (Å²) in [5.74, 6) is 0.184. The van der Waals surface area contributed by atoms with Crippen LogP contribution in [0.15, 0.2) is 46.9 Å². The zero-order valence-electron chi connectivity index (χ0n) is 18.4.